The molecule has 0 saturated heterocycles. The Morgan fingerprint density at radius 2 is 1.78 bits per heavy atom. The molecule has 9 heavy (non-hydrogen) atoms. The summed E-state index contributed by atoms with van der Waals surface area (Å²) >= 11 is 5.63. The van der Waals surface area contributed by atoms with Gasteiger partial charge in [0.1, 0.15) is 0 Å². The lowest BCUT2D eigenvalue weighted by atomic mass is 9.88. The van der Waals surface area contributed by atoms with Crippen molar-refractivity contribution in [3.05, 3.63) is 0 Å². The van der Waals surface area contributed by atoms with Crippen LogP contribution in [0.25, 0.3) is 0 Å². The third-order valence-corrected chi connectivity index (χ3v) is 2.46. The first-order valence-corrected chi connectivity index (χ1v) is 4.53. The Hall–Kier alpha value is 0.290. The highest BCUT2D eigenvalue weighted by molar-refractivity contribution is 6.17. The van der Waals surface area contributed by atoms with E-state index in [9.17, 15) is 0 Å². The monoisotopic (exact) mass is 146 g/mol. The van der Waals surface area contributed by atoms with Crippen molar-refractivity contribution in [3.8, 4) is 0 Å². The van der Waals surface area contributed by atoms with Crippen molar-refractivity contribution in [2.75, 3.05) is 5.88 Å². The quantitative estimate of drug-likeness (QED) is 0.525. The van der Waals surface area contributed by atoms with Crippen LogP contribution in [0.15, 0.2) is 0 Å². The highest BCUT2D eigenvalue weighted by Crippen LogP contribution is 2.26. The Kier molecular flexibility index (Phi) is 3.42. The van der Waals surface area contributed by atoms with Gasteiger partial charge in [0.25, 0.3) is 0 Å². The van der Waals surface area contributed by atoms with Crippen LogP contribution in [0, 0.1) is 5.92 Å². The second-order valence-corrected chi connectivity index (χ2v) is 3.36. The first-order chi connectivity index (χ1) is 4.43. The number of rotatable bonds is 2. The average molecular weight is 147 g/mol. The van der Waals surface area contributed by atoms with Gasteiger partial charge < -0.3 is 0 Å². The summed E-state index contributed by atoms with van der Waals surface area (Å²) < 4.78 is 0. The van der Waals surface area contributed by atoms with Crippen LogP contribution in [0.1, 0.15) is 38.5 Å². The molecule has 0 heterocycles. The lowest BCUT2D eigenvalue weighted by molar-refractivity contribution is 0.351. The van der Waals surface area contributed by atoms with Gasteiger partial charge in [-0.05, 0) is 12.3 Å². The Labute approximate surface area is 62.6 Å². The van der Waals surface area contributed by atoms with Gasteiger partial charge in [0, 0.05) is 5.88 Å². The summed E-state index contributed by atoms with van der Waals surface area (Å²) in [6.45, 7) is 0. The lowest BCUT2D eigenvalue weighted by Gasteiger charge is -2.19. The van der Waals surface area contributed by atoms with Crippen LogP contribution in [0.3, 0.4) is 0 Å². The molecule has 0 N–H and O–H groups in total. The zero-order valence-corrected chi connectivity index (χ0v) is 6.66. The van der Waals surface area contributed by atoms with Crippen LogP contribution >= 0.6 is 11.6 Å². The molecule has 0 aromatic carbocycles. The van der Waals surface area contributed by atoms with Crippen molar-refractivity contribution in [2.45, 2.75) is 38.5 Å². The molecule has 1 aliphatic carbocycles. The predicted molar refractivity (Wildman–Crippen MR) is 41.9 cm³/mol. The van der Waals surface area contributed by atoms with Crippen molar-refractivity contribution in [1.29, 1.82) is 0 Å². The maximum Gasteiger partial charge on any atom is 0.0226 e. The normalized spacial score (nSPS) is 22.3. The first-order valence-electron chi connectivity index (χ1n) is 3.99. The fourth-order valence-corrected chi connectivity index (χ4v) is 1.94. The van der Waals surface area contributed by atoms with Crippen molar-refractivity contribution in [1.82, 2.24) is 0 Å². The maximum absolute atomic E-state index is 5.63. The highest BCUT2D eigenvalue weighted by atomic mass is 35.5. The second-order valence-electron chi connectivity index (χ2n) is 2.98. The first kappa shape index (κ1) is 7.40. The Balaban J connectivity index is 2.08. The van der Waals surface area contributed by atoms with E-state index in [0.717, 1.165) is 11.8 Å². The van der Waals surface area contributed by atoms with Gasteiger partial charge in [0.05, 0.1) is 0 Å². The van der Waals surface area contributed by atoms with E-state index in [4.69, 9.17) is 11.6 Å². The Bertz CT molecular complexity index is 62.2. The summed E-state index contributed by atoms with van der Waals surface area (Å²) in [5.74, 6) is 1.83. The summed E-state index contributed by atoms with van der Waals surface area (Å²) in [6, 6.07) is 0. The van der Waals surface area contributed by atoms with Gasteiger partial charge in [-0.3, -0.25) is 0 Å². The number of hydrogen-bond acceptors (Lipinski definition) is 0. The van der Waals surface area contributed by atoms with Gasteiger partial charge in [0.2, 0.25) is 0 Å². The van der Waals surface area contributed by atoms with E-state index >= 15 is 0 Å². The molecule has 1 saturated carbocycles. The van der Waals surface area contributed by atoms with E-state index < -0.39 is 0 Å². The molecule has 0 aromatic heterocycles. The second kappa shape index (κ2) is 4.16. The van der Waals surface area contributed by atoms with Gasteiger partial charge in [-0.2, -0.15) is 0 Å². The van der Waals surface area contributed by atoms with Crippen molar-refractivity contribution in [2.24, 2.45) is 5.92 Å². The maximum atomic E-state index is 5.63. The third-order valence-electron chi connectivity index (χ3n) is 2.24. The minimum Gasteiger partial charge on any atom is -0.127 e. The van der Waals surface area contributed by atoms with Gasteiger partial charge >= 0.3 is 0 Å². The average Bonchev–Trinajstić information content (AvgIpc) is 1.91. The van der Waals surface area contributed by atoms with Crippen LogP contribution < -0.4 is 0 Å². The Morgan fingerprint density at radius 3 is 2.33 bits per heavy atom. The minimum atomic E-state index is 0.866. The molecule has 0 atom stereocenters. The van der Waals surface area contributed by atoms with Crippen molar-refractivity contribution in [3.63, 3.8) is 0 Å². The predicted octanol–water partition coefficient (Wildman–Crippen LogP) is 3.20. The largest absolute Gasteiger partial charge is 0.127 e. The molecule has 54 valence electrons. The minimum absolute atomic E-state index is 0.866. The molecule has 1 aliphatic rings. The highest BCUT2D eigenvalue weighted by Gasteiger charge is 2.11. The van der Waals surface area contributed by atoms with E-state index in [0.29, 0.717) is 0 Å². The topological polar surface area (TPSA) is 0 Å². The van der Waals surface area contributed by atoms with Gasteiger partial charge in [-0.1, -0.05) is 32.1 Å². The van der Waals surface area contributed by atoms with E-state index in [1.807, 2.05) is 0 Å². The van der Waals surface area contributed by atoms with E-state index in [1.54, 1.807) is 0 Å². The standard InChI is InChI=1S/C8H15Cl/c9-7-6-8-4-2-1-3-5-8/h8H,1-7H2. The number of hydrogen-bond donors (Lipinski definition) is 0. The fraction of sp³-hybridized carbons (Fsp3) is 1.00. The van der Waals surface area contributed by atoms with E-state index in [1.165, 1.54) is 38.5 Å². The summed E-state index contributed by atoms with van der Waals surface area (Å²) in [5.41, 5.74) is 0. The van der Waals surface area contributed by atoms with Crippen LogP contribution in [0.4, 0.5) is 0 Å². The van der Waals surface area contributed by atoms with Crippen LogP contribution in [-0.2, 0) is 0 Å². The van der Waals surface area contributed by atoms with Gasteiger partial charge in [-0.25, -0.2) is 0 Å². The molecule has 0 amide bonds. The summed E-state index contributed by atoms with van der Waals surface area (Å²) in [7, 11) is 0. The molecule has 0 unspecified atom stereocenters. The molecule has 0 aromatic rings. The molecule has 1 heteroatoms. The molecule has 1 fully saturated rings. The molecule has 0 nitrogen and oxygen atoms in total. The fourth-order valence-electron chi connectivity index (χ4n) is 1.63. The molecule has 0 spiro atoms. The molecule has 0 radical (unpaired) electrons. The zero-order chi connectivity index (χ0) is 6.53. The summed E-state index contributed by atoms with van der Waals surface area (Å²) in [6.07, 6.45) is 8.48. The summed E-state index contributed by atoms with van der Waals surface area (Å²) in [5, 5.41) is 0. The molecule has 1 rings (SSSR count). The molecule has 0 aliphatic heterocycles. The van der Waals surface area contributed by atoms with Crippen molar-refractivity contribution < 1.29 is 0 Å². The molecule has 0 bridgehead atoms. The Morgan fingerprint density at radius 1 is 1.11 bits per heavy atom. The lowest BCUT2D eigenvalue weighted by Crippen LogP contribution is -2.06. The third kappa shape index (κ3) is 2.57. The van der Waals surface area contributed by atoms with Crippen molar-refractivity contribution >= 4 is 11.6 Å². The van der Waals surface area contributed by atoms with E-state index in [2.05, 4.69) is 0 Å². The van der Waals surface area contributed by atoms with Crippen LogP contribution in [0.2, 0.25) is 0 Å². The molecular weight excluding hydrogens is 132 g/mol. The van der Waals surface area contributed by atoms with Gasteiger partial charge in [-0.15, -0.1) is 11.6 Å². The SMILES string of the molecule is ClCCC1CCCCC1. The zero-order valence-electron chi connectivity index (χ0n) is 5.91. The van der Waals surface area contributed by atoms with Crippen LogP contribution in [-0.4, -0.2) is 5.88 Å². The van der Waals surface area contributed by atoms with Gasteiger partial charge in [0.15, 0.2) is 0 Å². The summed E-state index contributed by atoms with van der Waals surface area (Å²) in [4.78, 5) is 0. The smallest absolute Gasteiger partial charge is 0.0226 e. The van der Waals surface area contributed by atoms with E-state index in [-0.39, 0.29) is 0 Å². The number of alkyl halides is 1. The van der Waals surface area contributed by atoms with Crippen LogP contribution in [0.5, 0.6) is 0 Å². The molecular formula is C8H15Cl. The number of halogens is 1.